The van der Waals surface area contributed by atoms with Crippen molar-refractivity contribution >= 4 is 17.5 Å². The molecule has 0 radical (unpaired) electrons. The predicted molar refractivity (Wildman–Crippen MR) is 93.9 cm³/mol. The lowest BCUT2D eigenvalue weighted by atomic mass is 10.1. The molecule has 0 saturated heterocycles. The van der Waals surface area contributed by atoms with Crippen molar-refractivity contribution in [2.75, 3.05) is 25.5 Å². The van der Waals surface area contributed by atoms with Crippen LogP contribution in [0, 0.1) is 17.5 Å². The predicted octanol–water partition coefficient (Wildman–Crippen LogP) is 3.14. The smallest absolute Gasteiger partial charge is 0.244 e. The number of hydrogen-bond acceptors (Lipinski definition) is 3. The van der Waals surface area contributed by atoms with Gasteiger partial charge in [-0.05, 0) is 36.2 Å². The van der Waals surface area contributed by atoms with Crippen molar-refractivity contribution in [3.8, 4) is 5.75 Å². The van der Waals surface area contributed by atoms with Gasteiger partial charge in [-0.3, -0.25) is 9.59 Å². The highest BCUT2D eigenvalue weighted by atomic mass is 19.2. The minimum absolute atomic E-state index is 0.259. The van der Waals surface area contributed by atoms with E-state index in [0.717, 1.165) is 11.6 Å². The summed E-state index contributed by atoms with van der Waals surface area (Å²) in [6.07, 6.45) is 0.496. The maximum Gasteiger partial charge on any atom is 0.244 e. The molecule has 2 amide bonds. The Kier molecular flexibility index (Phi) is 6.81. The van der Waals surface area contributed by atoms with Crippen LogP contribution in [0.1, 0.15) is 12.5 Å². The van der Waals surface area contributed by atoms with E-state index in [9.17, 15) is 22.8 Å². The van der Waals surface area contributed by atoms with Crippen LogP contribution >= 0.6 is 0 Å². The Morgan fingerprint density at radius 1 is 1.04 bits per heavy atom. The summed E-state index contributed by atoms with van der Waals surface area (Å²) in [6, 6.07) is 8.88. The number of methoxy groups -OCH3 is 1. The summed E-state index contributed by atoms with van der Waals surface area (Å²) in [6.45, 7) is 1.22. The van der Waals surface area contributed by atoms with E-state index in [4.69, 9.17) is 4.74 Å². The number of carbonyl (C=O) groups is 2. The number of ether oxygens (including phenoxy) is 1. The van der Waals surface area contributed by atoms with Gasteiger partial charge in [0.15, 0.2) is 17.5 Å². The molecule has 0 bridgehead atoms. The normalized spacial score (nSPS) is 10.4. The summed E-state index contributed by atoms with van der Waals surface area (Å²) in [5.74, 6) is -4.87. The molecule has 0 unspecified atom stereocenters. The lowest BCUT2D eigenvalue weighted by Crippen LogP contribution is -2.38. The Bertz CT molecular complexity index is 826. The van der Waals surface area contributed by atoms with E-state index in [0.29, 0.717) is 18.2 Å². The summed E-state index contributed by atoms with van der Waals surface area (Å²) >= 11 is 0. The van der Waals surface area contributed by atoms with Crippen molar-refractivity contribution in [1.29, 1.82) is 0 Å². The summed E-state index contributed by atoms with van der Waals surface area (Å²) in [5, 5.41) is 2.15. The number of amides is 2. The van der Waals surface area contributed by atoms with Crippen LogP contribution in [0.15, 0.2) is 36.4 Å². The molecule has 27 heavy (non-hydrogen) atoms. The Morgan fingerprint density at radius 2 is 1.70 bits per heavy atom. The number of rotatable bonds is 7. The van der Waals surface area contributed by atoms with Gasteiger partial charge < -0.3 is 15.0 Å². The number of nitrogens with one attached hydrogen (secondary N) is 1. The fourth-order valence-electron chi connectivity index (χ4n) is 2.39. The first-order valence-electron chi connectivity index (χ1n) is 8.13. The molecule has 144 valence electrons. The molecule has 0 aromatic heterocycles. The monoisotopic (exact) mass is 380 g/mol. The molecule has 0 spiro atoms. The van der Waals surface area contributed by atoms with Crippen LogP contribution in [-0.2, 0) is 16.0 Å². The highest BCUT2D eigenvalue weighted by molar-refractivity contribution is 5.94. The minimum Gasteiger partial charge on any atom is -0.497 e. The lowest BCUT2D eigenvalue weighted by Gasteiger charge is -2.20. The van der Waals surface area contributed by atoms with E-state index in [-0.39, 0.29) is 19.0 Å². The van der Waals surface area contributed by atoms with Crippen LogP contribution in [0.2, 0.25) is 0 Å². The molecule has 2 rings (SSSR count). The van der Waals surface area contributed by atoms with Gasteiger partial charge in [-0.15, -0.1) is 0 Å². The number of anilines is 1. The van der Waals surface area contributed by atoms with Crippen molar-refractivity contribution in [3.05, 3.63) is 59.4 Å². The molecule has 0 aliphatic carbocycles. The first kappa shape index (κ1) is 20.3. The Balaban J connectivity index is 1.97. The first-order chi connectivity index (χ1) is 12.8. The van der Waals surface area contributed by atoms with Crippen molar-refractivity contribution in [3.63, 3.8) is 0 Å². The maximum atomic E-state index is 13.6. The van der Waals surface area contributed by atoms with Crippen molar-refractivity contribution < 1.29 is 27.5 Å². The van der Waals surface area contributed by atoms with Gasteiger partial charge in [0.25, 0.3) is 0 Å². The summed E-state index contributed by atoms with van der Waals surface area (Å²) in [5.41, 5.74) is 0.451. The van der Waals surface area contributed by atoms with Crippen molar-refractivity contribution in [2.45, 2.75) is 13.3 Å². The quantitative estimate of drug-likeness (QED) is 0.751. The Morgan fingerprint density at radius 3 is 2.30 bits per heavy atom. The zero-order valence-corrected chi connectivity index (χ0v) is 14.9. The van der Waals surface area contributed by atoms with Crippen molar-refractivity contribution in [1.82, 2.24) is 4.90 Å². The Labute approximate surface area is 154 Å². The SMILES string of the molecule is COc1ccc(CCN(CC(=O)Nc2ccc(F)c(F)c2F)C(C)=O)cc1. The molecule has 0 fully saturated rings. The van der Waals surface area contributed by atoms with Gasteiger partial charge >= 0.3 is 0 Å². The van der Waals surface area contributed by atoms with Gasteiger partial charge in [0.05, 0.1) is 19.3 Å². The first-order valence-corrected chi connectivity index (χ1v) is 8.13. The zero-order chi connectivity index (χ0) is 20.0. The second-order valence-electron chi connectivity index (χ2n) is 5.81. The molecule has 0 aliphatic rings. The molecular weight excluding hydrogens is 361 g/mol. The van der Waals surface area contributed by atoms with E-state index in [1.165, 1.54) is 11.8 Å². The minimum atomic E-state index is -1.67. The van der Waals surface area contributed by atoms with Crippen molar-refractivity contribution in [2.24, 2.45) is 0 Å². The van der Waals surface area contributed by atoms with Gasteiger partial charge in [-0.1, -0.05) is 12.1 Å². The third kappa shape index (κ3) is 5.47. The molecule has 8 heteroatoms. The molecule has 0 heterocycles. The van der Waals surface area contributed by atoms with Crippen LogP contribution < -0.4 is 10.1 Å². The van der Waals surface area contributed by atoms with E-state index in [1.807, 2.05) is 12.1 Å². The lowest BCUT2D eigenvalue weighted by molar-refractivity contribution is -0.132. The van der Waals surface area contributed by atoms with E-state index in [2.05, 4.69) is 5.32 Å². The van der Waals surface area contributed by atoms with Crippen LogP contribution in [0.25, 0.3) is 0 Å². The Hall–Kier alpha value is -3.03. The largest absolute Gasteiger partial charge is 0.497 e. The van der Waals surface area contributed by atoms with E-state index in [1.54, 1.807) is 19.2 Å². The van der Waals surface area contributed by atoms with Gasteiger partial charge in [0, 0.05) is 13.5 Å². The fraction of sp³-hybridized carbons (Fsp3) is 0.263. The standard InChI is InChI=1S/C19H19F3N2O3/c1-12(25)24(10-9-13-3-5-14(27-2)6-4-13)11-17(26)23-16-8-7-15(20)18(21)19(16)22/h3-8H,9-11H2,1-2H3,(H,23,26). The number of carbonyl (C=O) groups excluding carboxylic acids is 2. The second-order valence-corrected chi connectivity index (χ2v) is 5.81. The third-order valence-corrected chi connectivity index (χ3v) is 3.92. The molecule has 0 atom stereocenters. The molecular formula is C19H19F3N2O3. The molecule has 2 aromatic rings. The van der Waals surface area contributed by atoms with Gasteiger partial charge in [0.1, 0.15) is 5.75 Å². The highest BCUT2D eigenvalue weighted by Crippen LogP contribution is 2.19. The van der Waals surface area contributed by atoms with Gasteiger partial charge in [-0.2, -0.15) is 0 Å². The topological polar surface area (TPSA) is 58.6 Å². The van der Waals surface area contributed by atoms with Crippen LogP contribution in [0.4, 0.5) is 18.9 Å². The summed E-state index contributed by atoms with van der Waals surface area (Å²) < 4.78 is 44.9. The number of benzene rings is 2. The third-order valence-electron chi connectivity index (χ3n) is 3.92. The van der Waals surface area contributed by atoms with Crippen LogP contribution in [0.5, 0.6) is 5.75 Å². The molecule has 5 nitrogen and oxygen atoms in total. The average Bonchev–Trinajstić information content (AvgIpc) is 2.65. The average molecular weight is 380 g/mol. The summed E-state index contributed by atoms with van der Waals surface area (Å²) in [7, 11) is 1.56. The molecule has 2 aromatic carbocycles. The maximum absolute atomic E-state index is 13.6. The highest BCUT2D eigenvalue weighted by Gasteiger charge is 2.18. The van der Waals surface area contributed by atoms with E-state index < -0.39 is 29.0 Å². The number of nitrogens with zero attached hydrogens (tertiary/aromatic N) is 1. The van der Waals surface area contributed by atoms with E-state index >= 15 is 0 Å². The zero-order valence-electron chi connectivity index (χ0n) is 14.9. The van der Waals surface area contributed by atoms with Crippen LogP contribution in [0.3, 0.4) is 0 Å². The molecule has 0 aliphatic heterocycles. The van der Waals surface area contributed by atoms with Gasteiger partial charge in [-0.25, -0.2) is 13.2 Å². The molecule has 0 saturated carbocycles. The number of halogens is 3. The second kappa shape index (κ2) is 9.07. The molecule has 1 N–H and O–H groups in total. The summed E-state index contributed by atoms with van der Waals surface area (Å²) in [4.78, 5) is 25.1. The van der Waals surface area contributed by atoms with Crippen LogP contribution in [-0.4, -0.2) is 36.9 Å². The number of hydrogen-bond donors (Lipinski definition) is 1. The van der Waals surface area contributed by atoms with Gasteiger partial charge in [0.2, 0.25) is 11.8 Å². The fourth-order valence-corrected chi connectivity index (χ4v) is 2.39.